The molecule has 0 spiro atoms. The smallest absolute Gasteiger partial charge is 0.349 e. The van der Waals surface area contributed by atoms with Crippen LogP contribution in [0.2, 0.25) is 5.02 Å². The molecule has 0 bridgehead atoms. The Kier molecular flexibility index (Phi) is 6.26. The molecule has 3 rings (SSSR count). The highest BCUT2D eigenvalue weighted by Gasteiger charge is 2.13. The van der Waals surface area contributed by atoms with Crippen molar-refractivity contribution >= 4 is 40.5 Å². The first-order chi connectivity index (χ1) is 14.0. The van der Waals surface area contributed by atoms with E-state index in [0.717, 1.165) is 0 Å². The van der Waals surface area contributed by atoms with Crippen LogP contribution < -0.4 is 15.7 Å². The summed E-state index contributed by atoms with van der Waals surface area (Å²) in [5.41, 5.74) is -0.0403. The summed E-state index contributed by atoms with van der Waals surface area (Å²) in [5.74, 6) is -0.980. The van der Waals surface area contributed by atoms with Crippen LogP contribution in [0.1, 0.15) is 15.9 Å². The molecule has 0 saturated carbocycles. The minimum absolute atomic E-state index is 0.119. The van der Waals surface area contributed by atoms with Gasteiger partial charge in [0.2, 0.25) is 0 Å². The molecule has 7 heteroatoms. The van der Waals surface area contributed by atoms with Gasteiger partial charge in [0.1, 0.15) is 16.9 Å². The summed E-state index contributed by atoms with van der Waals surface area (Å²) in [6.07, 6.45) is 4.29. The van der Waals surface area contributed by atoms with Gasteiger partial charge in [-0.15, -0.1) is 6.58 Å². The number of ether oxygens (including phenoxy) is 1. The first kappa shape index (κ1) is 20.1. The molecule has 1 N–H and O–H groups in total. The van der Waals surface area contributed by atoms with Crippen molar-refractivity contribution in [2.24, 2.45) is 0 Å². The van der Waals surface area contributed by atoms with E-state index < -0.39 is 17.5 Å². The van der Waals surface area contributed by atoms with Crippen LogP contribution in [-0.4, -0.2) is 18.4 Å². The van der Waals surface area contributed by atoms with E-state index in [4.69, 9.17) is 20.8 Å². The van der Waals surface area contributed by atoms with Gasteiger partial charge in [-0.1, -0.05) is 35.9 Å². The van der Waals surface area contributed by atoms with Crippen LogP contribution in [-0.2, 0) is 4.79 Å². The topological polar surface area (TPSA) is 85.6 Å². The molecule has 2 aromatic carbocycles. The van der Waals surface area contributed by atoms with Crippen molar-refractivity contribution < 1.29 is 18.7 Å². The fraction of sp³-hybridized carbons (Fsp3) is 0.0455. The fourth-order valence-electron chi connectivity index (χ4n) is 2.49. The molecular formula is C22H16ClNO5. The van der Waals surface area contributed by atoms with Crippen molar-refractivity contribution in [1.29, 1.82) is 0 Å². The van der Waals surface area contributed by atoms with Gasteiger partial charge in [-0.2, -0.15) is 0 Å². The number of fused-ring (bicyclic) bond motifs is 1. The highest BCUT2D eigenvalue weighted by Crippen LogP contribution is 2.21. The maximum atomic E-state index is 12.1. The highest BCUT2D eigenvalue weighted by molar-refractivity contribution is 6.32. The lowest BCUT2D eigenvalue weighted by Gasteiger charge is -2.05. The molecule has 1 aromatic heterocycles. The second-order valence-corrected chi connectivity index (χ2v) is 6.33. The van der Waals surface area contributed by atoms with E-state index in [2.05, 4.69) is 11.9 Å². The molecule has 0 aliphatic rings. The standard InChI is InChI=1S/C22H16ClNO5/c1-2-11-24-21(26)17-12-15-7-9-16(13-19(15)29-22(17)27)28-20(25)10-8-14-5-3-4-6-18(14)23/h2-10,12-13H,1,11H2,(H,24,26)/b10-8+. The van der Waals surface area contributed by atoms with E-state index in [-0.39, 0.29) is 23.4 Å². The Hall–Kier alpha value is -3.64. The monoisotopic (exact) mass is 409 g/mol. The minimum atomic E-state index is -0.791. The van der Waals surface area contributed by atoms with Gasteiger partial charge >= 0.3 is 11.6 Å². The Balaban J connectivity index is 1.78. The third kappa shape index (κ3) is 5.00. The largest absolute Gasteiger partial charge is 0.423 e. The van der Waals surface area contributed by atoms with E-state index in [1.54, 1.807) is 36.4 Å². The van der Waals surface area contributed by atoms with Gasteiger partial charge in [-0.05, 0) is 35.9 Å². The summed E-state index contributed by atoms with van der Waals surface area (Å²) in [5, 5.41) is 3.54. The Morgan fingerprint density at radius 2 is 1.97 bits per heavy atom. The Morgan fingerprint density at radius 1 is 1.17 bits per heavy atom. The zero-order valence-corrected chi connectivity index (χ0v) is 15.9. The highest BCUT2D eigenvalue weighted by atomic mass is 35.5. The van der Waals surface area contributed by atoms with Crippen LogP contribution in [0.3, 0.4) is 0 Å². The quantitative estimate of drug-likeness (QED) is 0.219. The molecule has 0 aliphatic heterocycles. The maximum Gasteiger partial charge on any atom is 0.349 e. The lowest BCUT2D eigenvalue weighted by molar-refractivity contribution is -0.128. The van der Waals surface area contributed by atoms with Crippen molar-refractivity contribution in [1.82, 2.24) is 5.32 Å². The summed E-state index contributed by atoms with van der Waals surface area (Å²) in [6.45, 7) is 3.73. The maximum absolute atomic E-state index is 12.1. The van der Waals surface area contributed by atoms with Crippen LogP contribution in [0.4, 0.5) is 0 Å². The zero-order chi connectivity index (χ0) is 20.8. The van der Waals surface area contributed by atoms with Crippen LogP contribution in [0, 0.1) is 0 Å². The molecule has 0 fully saturated rings. The summed E-state index contributed by atoms with van der Waals surface area (Å²) < 4.78 is 10.4. The third-order valence-electron chi connectivity index (χ3n) is 3.88. The number of amides is 1. The number of hydrogen-bond acceptors (Lipinski definition) is 5. The molecule has 0 unspecified atom stereocenters. The molecule has 0 aliphatic carbocycles. The van der Waals surface area contributed by atoms with Gasteiger partial charge in [0, 0.05) is 29.1 Å². The molecule has 0 saturated heterocycles. The average molecular weight is 410 g/mol. The van der Waals surface area contributed by atoms with Crippen molar-refractivity contribution in [2.45, 2.75) is 0 Å². The van der Waals surface area contributed by atoms with Gasteiger partial charge in [0.15, 0.2) is 0 Å². The predicted molar refractivity (Wildman–Crippen MR) is 111 cm³/mol. The summed E-state index contributed by atoms with van der Waals surface area (Å²) >= 11 is 6.03. The average Bonchev–Trinajstić information content (AvgIpc) is 2.71. The molecule has 1 amide bonds. The number of nitrogens with one attached hydrogen (secondary N) is 1. The lowest BCUT2D eigenvalue weighted by Crippen LogP contribution is -2.28. The van der Waals surface area contributed by atoms with Crippen molar-refractivity contribution in [2.75, 3.05) is 6.54 Å². The van der Waals surface area contributed by atoms with Crippen LogP contribution in [0.15, 0.2) is 76.5 Å². The third-order valence-corrected chi connectivity index (χ3v) is 4.23. The molecular weight excluding hydrogens is 394 g/mol. The number of carbonyl (C=O) groups excluding carboxylic acids is 2. The number of halogens is 1. The lowest BCUT2D eigenvalue weighted by atomic mass is 10.1. The number of carbonyl (C=O) groups is 2. The Morgan fingerprint density at radius 3 is 2.72 bits per heavy atom. The number of benzene rings is 2. The van der Waals surface area contributed by atoms with Crippen molar-refractivity contribution in [3.8, 4) is 5.75 Å². The van der Waals surface area contributed by atoms with E-state index in [1.807, 2.05) is 0 Å². The van der Waals surface area contributed by atoms with Gasteiger partial charge in [0.25, 0.3) is 5.91 Å². The van der Waals surface area contributed by atoms with Crippen molar-refractivity contribution in [3.05, 3.63) is 93.8 Å². The number of esters is 1. The fourth-order valence-corrected chi connectivity index (χ4v) is 2.69. The summed E-state index contributed by atoms with van der Waals surface area (Å²) in [7, 11) is 0. The second kappa shape index (κ2) is 9.03. The number of hydrogen-bond donors (Lipinski definition) is 1. The summed E-state index contributed by atoms with van der Waals surface area (Å²) in [4.78, 5) is 36.1. The van der Waals surface area contributed by atoms with Crippen molar-refractivity contribution in [3.63, 3.8) is 0 Å². The first-order valence-electron chi connectivity index (χ1n) is 8.59. The van der Waals surface area contributed by atoms with E-state index in [9.17, 15) is 14.4 Å². The van der Waals surface area contributed by atoms with E-state index >= 15 is 0 Å². The Labute approximate surface area is 171 Å². The molecule has 0 radical (unpaired) electrons. The normalized spacial score (nSPS) is 10.8. The van der Waals surface area contributed by atoms with Gasteiger partial charge < -0.3 is 14.5 Å². The molecule has 6 nitrogen and oxygen atoms in total. The van der Waals surface area contributed by atoms with E-state index in [0.29, 0.717) is 16.0 Å². The molecule has 0 atom stereocenters. The molecule has 1 heterocycles. The number of rotatable bonds is 6. The summed E-state index contributed by atoms with van der Waals surface area (Å²) in [6, 6.07) is 13.0. The molecule has 3 aromatic rings. The minimum Gasteiger partial charge on any atom is -0.423 e. The predicted octanol–water partition coefficient (Wildman–Crippen LogP) is 3.98. The zero-order valence-electron chi connectivity index (χ0n) is 15.2. The molecule has 29 heavy (non-hydrogen) atoms. The second-order valence-electron chi connectivity index (χ2n) is 5.92. The van der Waals surface area contributed by atoms with Gasteiger partial charge in [-0.3, -0.25) is 4.79 Å². The molecule has 146 valence electrons. The van der Waals surface area contributed by atoms with Crippen LogP contribution in [0.25, 0.3) is 17.0 Å². The van der Waals surface area contributed by atoms with Crippen LogP contribution >= 0.6 is 11.6 Å². The van der Waals surface area contributed by atoms with Gasteiger partial charge in [0.05, 0.1) is 0 Å². The van der Waals surface area contributed by atoms with E-state index in [1.165, 1.54) is 30.4 Å². The van der Waals surface area contributed by atoms with Gasteiger partial charge in [-0.25, -0.2) is 9.59 Å². The van der Waals surface area contributed by atoms with Crippen LogP contribution in [0.5, 0.6) is 5.75 Å². The first-order valence-corrected chi connectivity index (χ1v) is 8.97. The Bertz CT molecular complexity index is 1180. The SMILES string of the molecule is C=CCNC(=O)c1cc2ccc(OC(=O)/C=C/c3ccccc3Cl)cc2oc1=O.